The molecule has 0 amide bonds. The summed E-state index contributed by atoms with van der Waals surface area (Å²) in [6.07, 6.45) is 0.834. The molecule has 1 aromatic rings. The number of benzene rings is 1. The Kier molecular flexibility index (Phi) is 2.53. The Morgan fingerprint density at radius 2 is 2.00 bits per heavy atom. The Morgan fingerprint density at radius 1 is 1.33 bits per heavy atom. The first-order valence-electron chi connectivity index (χ1n) is 3.62. The van der Waals surface area contributed by atoms with Gasteiger partial charge < -0.3 is 0 Å². The molecule has 0 aliphatic carbocycles. The summed E-state index contributed by atoms with van der Waals surface area (Å²) in [5, 5.41) is 0. The van der Waals surface area contributed by atoms with Crippen LogP contribution in [0.25, 0.3) is 0 Å². The first kappa shape index (κ1) is 8.84. The molecule has 0 unspecified atom stereocenters. The van der Waals surface area contributed by atoms with Crippen LogP contribution in [0.4, 0.5) is 8.78 Å². The van der Waals surface area contributed by atoms with Crippen LogP contribution in [-0.4, -0.2) is 6.29 Å². The molecule has 0 bridgehead atoms. The summed E-state index contributed by atoms with van der Waals surface area (Å²) in [4.78, 5) is 10.2. The molecule has 0 N–H and O–H groups in total. The minimum Gasteiger partial charge on any atom is -0.298 e. The molecule has 1 aromatic carbocycles. The van der Waals surface area contributed by atoms with Crippen molar-refractivity contribution in [3.05, 3.63) is 34.9 Å². The van der Waals surface area contributed by atoms with Crippen LogP contribution in [0.1, 0.15) is 22.8 Å². The lowest BCUT2D eigenvalue weighted by molar-refractivity contribution is 0.111. The van der Waals surface area contributed by atoms with E-state index in [0.29, 0.717) is 18.3 Å². The molecule has 0 saturated carbocycles. The van der Waals surface area contributed by atoms with Crippen LogP contribution in [0.5, 0.6) is 0 Å². The number of carbonyl (C=O) groups is 1. The van der Waals surface area contributed by atoms with Crippen molar-refractivity contribution < 1.29 is 13.6 Å². The molecule has 1 nitrogen and oxygen atoms in total. The first-order valence-corrected chi connectivity index (χ1v) is 3.62. The quantitative estimate of drug-likeness (QED) is 0.622. The van der Waals surface area contributed by atoms with Crippen LogP contribution in [0.3, 0.4) is 0 Å². The zero-order valence-electron chi connectivity index (χ0n) is 6.60. The lowest BCUT2D eigenvalue weighted by atomic mass is 10.1. The summed E-state index contributed by atoms with van der Waals surface area (Å²) in [6, 6.07) is 1.97. The van der Waals surface area contributed by atoms with Crippen molar-refractivity contribution in [3.8, 4) is 0 Å². The van der Waals surface area contributed by atoms with Crippen LogP contribution in [0.15, 0.2) is 12.1 Å². The number of carbonyl (C=O) groups excluding carboxylic acids is 1. The maximum Gasteiger partial charge on any atom is 0.153 e. The fourth-order valence-corrected chi connectivity index (χ4v) is 0.974. The van der Waals surface area contributed by atoms with Gasteiger partial charge in [0.1, 0.15) is 11.6 Å². The van der Waals surface area contributed by atoms with E-state index in [2.05, 4.69) is 0 Å². The fourth-order valence-electron chi connectivity index (χ4n) is 0.974. The molecular formula is C9H8F2O. The lowest BCUT2D eigenvalue weighted by Gasteiger charge is -2.00. The number of aldehydes is 1. The maximum absolute atomic E-state index is 12.8. The monoisotopic (exact) mass is 170 g/mol. The predicted molar refractivity (Wildman–Crippen MR) is 41.1 cm³/mol. The van der Waals surface area contributed by atoms with Crippen LogP contribution in [0.2, 0.25) is 0 Å². The van der Waals surface area contributed by atoms with Crippen molar-refractivity contribution in [2.75, 3.05) is 0 Å². The minimum atomic E-state index is -0.806. The highest BCUT2D eigenvalue weighted by Crippen LogP contribution is 2.13. The summed E-state index contributed by atoms with van der Waals surface area (Å²) in [7, 11) is 0. The van der Waals surface area contributed by atoms with Gasteiger partial charge in [0.15, 0.2) is 6.29 Å². The van der Waals surface area contributed by atoms with Gasteiger partial charge in [0.05, 0.1) is 5.56 Å². The number of aryl methyl sites for hydroxylation is 1. The Hall–Kier alpha value is -1.25. The van der Waals surface area contributed by atoms with Gasteiger partial charge in [0.2, 0.25) is 0 Å². The van der Waals surface area contributed by atoms with Gasteiger partial charge in [-0.05, 0) is 18.1 Å². The van der Waals surface area contributed by atoms with E-state index in [9.17, 15) is 13.6 Å². The largest absolute Gasteiger partial charge is 0.298 e. The van der Waals surface area contributed by atoms with Crippen LogP contribution >= 0.6 is 0 Å². The standard InChI is InChI=1S/C9H8F2O/c1-2-6-3-7(5-12)9(11)4-8(6)10/h3-5H,2H2,1H3. The summed E-state index contributed by atoms with van der Waals surface area (Å²) in [6.45, 7) is 1.74. The summed E-state index contributed by atoms with van der Waals surface area (Å²) < 4.78 is 25.5. The van der Waals surface area contributed by atoms with Crippen molar-refractivity contribution in [1.29, 1.82) is 0 Å². The highest BCUT2D eigenvalue weighted by Gasteiger charge is 2.07. The van der Waals surface area contributed by atoms with Gasteiger partial charge in [-0.1, -0.05) is 6.92 Å². The van der Waals surface area contributed by atoms with E-state index in [-0.39, 0.29) is 5.56 Å². The van der Waals surface area contributed by atoms with Crippen molar-refractivity contribution in [3.63, 3.8) is 0 Å². The van der Waals surface area contributed by atoms with E-state index in [0.717, 1.165) is 6.07 Å². The highest BCUT2D eigenvalue weighted by molar-refractivity contribution is 5.75. The summed E-state index contributed by atoms with van der Waals surface area (Å²) in [5.41, 5.74) is 0.270. The average molecular weight is 170 g/mol. The fraction of sp³-hybridized carbons (Fsp3) is 0.222. The van der Waals surface area contributed by atoms with Gasteiger partial charge in [0.25, 0.3) is 0 Å². The molecule has 0 heterocycles. The van der Waals surface area contributed by atoms with E-state index < -0.39 is 11.6 Å². The Bertz CT molecular complexity index is 308. The molecule has 0 radical (unpaired) electrons. The molecule has 3 heteroatoms. The number of hydrogen-bond acceptors (Lipinski definition) is 1. The van der Waals surface area contributed by atoms with Crippen LogP contribution in [-0.2, 0) is 6.42 Å². The zero-order valence-corrected chi connectivity index (χ0v) is 6.60. The third-order valence-corrected chi connectivity index (χ3v) is 1.67. The average Bonchev–Trinajstić information content (AvgIpc) is 2.05. The SMILES string of the molecule is CCc1cc(C=O)c(F)cc1F. The number of hydrogen-bond donors (Lipinski definition) is 0. The minimum absolute atomic E-state index is 0.0896. The molecule has 0 spiro atoms. The van der Waals surface area contributed by atoms with Gasteiger partial charge in [-0.3, -0.25) is 4.79 Å². The molecule has 0 atom stereocenters. The van der Waals surface area contributed by atoms with E-state index >= 15 is 0 Å². The summed E-state index contributed by atoms with van der Waals surface area (Å²) in [5.74, 6) is -1.40. The molecule has 1 rings (SSSR count). The van der Waals surface area contributed by atoms with E-state index in [1.165, 1.54) is 6.07 Å². The number of rotatable bonds is 2. The van der Waals surface area contributed by atoms with Gasteiger partial charge in [-0.2, -0.15) is 0 Å². The van der Waals surface area contributed by atoms with E-state index in [1.807, 2.05) is 0 Å². The first-order chi connectivity index (χ1) is 5.69. The highest BCUT2D eigenvalue weighted by atomic mass is 19.1. The summed E-state index contributed by atoms with van der Waals surface area (Å²) >= 11 is 0. The Labute approximate surface area is 69.0 Å². The zero-order chi connectivity index (χ0) is 9.14. The number of halogens is 2. The lowest BCUT2D eigenvalue weighted by Crippen LogP contribution is -1.95. The third-order valence-electron chi connectivity index (χ3n) is 1.67. The molecular weight excluding hydrogens is 162 g/mol. The maximum atomic E-state index is 12.8. The van der Waals surface area contributed by atoms with Gasteiger partial charge in [-0.15, -0.1) is 0 Å². The molecule has 0 aromatic heterocycles. The molecule has 0 saturated heterocycles. The van der Waals surface area contributed by atoms with Crippen molar-refractivity contribution in [2.24, 2.45) is 0 Å². The Balaban J connectivity index is 3.26. The second-order valence-corrected chi connectivity index (χ2v) is 2.44. The smallest absolute Gasteiger partial charge is 0.153 e. The second-order valence-electron chi connectivity index (χ2n) is 2.44. The van der Waals surface area contributed by atoms with Crippen LogP contribution < -0.4 is 0 Å². The van der Waals surface area contributed by atoms with Gasteiger partial charge >= 0.3 is 0 Å². The predicted octanol–water partition coefficient (Wildman–Crippen LogP) is 2.34. The molecule has 12 heavy (non-hydrogen) atoms. The normalized spacial score (nSPS) is 9.92. The van der Waals surface area contributed by atoms with Crippen molar-refractivity contribution in [2.45, 2.75) is 13.3 Å². The van der Waals surface area contributed by atoms with Crippen LogP contribution in [0, 0.1) is 11.6 Å². The molecule has 0 fully saturated rings. The molecule has 64 valence electrons. The van der Waals surface area contributed by atoms with E-state index in [4.69, 9.17) is 0 Å². The third kappa shape index (κ3) is 1.49. The van der Waals surface area contributed by atoms with Crippen molar-refractivity contribution >= 4 is 6.29 Å². The van der Waals surface area contributed by atoms with Crippen molar-refractivity contribution in [1.82, 2.24) is 0 Å². The Morgan fingerprint density at radius 3 is 2.50 bits per heavy atom. The van der Waals surface area contributed by atoms with Gasteiger partial charge in [0, 0.05) is 6.07 Å². The molecule has 0 aliphatic rings. The molecule has 0 aliphatic heterocycles. The van der Waals surface area contributed by atoms with Gasteiger partial charge in [-0.25, -0.2) is 8.78 Å². The topological polar surface area (TPSA) is 17.1 Å². The second kappa shape index (κ2) is 3.43. The van der Waals surface area contributed by atoms with E-state index in [1.54, 1.807) is 6.92 Å².